The van der Waals surface area contributed by atoms with E-state index in [2.05, 4.69) is 31.0 Å². The van der Waals surface area contributed by atoms with Crippen molar-refractivity contribution in [2.45, 2.75) is 11.4 Å². The Hall–Kier alpha value is -1.78. The Morgan fingerprint density at radius 1 is 1.07 bits per heavy atom. The Morgan fingerprint density at radius 2 is 1.79 bits per heavy atom. The van der Waals surface area contributed by atoms with Crippen molar-refractivity contribution in [3.8, 4) is 11.5 Å². The van der Waals surface area contributed by atoms with Crippen molar-refractivity contribution in [3.05, 3.63) is 63.9 Å². The third kappa shape index (κ3) is 4.70. The van der Waals surface area contributed by atoms with E-state index < -0.39 is 10.0 Å². The number of sulfonamides is 1. The fraction of sp³-hybridized carbons (Fsp3) is 0.263. The molecule has 0 aliphatic carbocycles. The fourth-order valence-electron chi connectivity index (χ4n) is 3.14. The van der Waals surface area contributed by atoms with Crippen LogP contribution in [0.2, 0.25) is 5.02 Å². The van der Waals surface area contributed by atoms with Crippen LogP contribution in [0.1, 0.15) is 5.82 Å². The number of hydrogen-bond donors (Lipinski definition) is 0. The molecule has 1 aliphatic heterocycles. The van der Waals surface area contributed by atoms with Gasteiger partial charge in [-0.25, -0.2) is 8.42 Å². The molecule has 2 heterocycles. The average Bonchev–Trinajstić information content (AvgIpc) is 3.17. The van der Waals surface area contributed by atoms with Crippen molar-refractivity contribution >= 4 is 37.6 Å². The first-order valence-corrected chi connectivity index (χ1v) is 11.6. The molecule has 0 atom stereocenters. The zero-order valence-electron chi connectivity index (χ0n) is 15.3. The first-order valence-electron chi connectivity index (χ1n) is 8.98. The smallest absolute Gasteiger partial charge is 0.258 e. The van der Waals surface area contributed by atoms with E-state index in [0.717, 1.165) is 10.0 Å². The predicted molar refractivity (Wildman–Crippen MR) is 113 cm³/mol. The van der Waals surface area contributed by atoms with Gasteiger partial charge >= 0.3 is 0 Å². The summed E-state index contributed by atoms with van der Waals surface area (Å²) in [5.74, 6) is 0.975. The lowest BCUT2D eigenvalue weighted by molar-refractivity contribution is 0.176. The van der Waals surface area contributed by atoms with Crippen LogP contribution in [0.3, 0.4) is 0 Å². The molecule has 1 aromatic heterocycles. The molecule has 1 saturated heterocycles. The SMILES string of the molecule is O=S(=O)(c1ccc(Br)cc1)N1CCN(Cc2noc(-c3cccc(Cl)c3)n2)CC1. The van der Waals surface area contributed by atoms with Crippen LogP contribution >= 0.6 is 27.5 Å². The van der Waals surface area contributed by atoms with Gasteiger partial charge in [-0.2, -0.15) is 9.29 Å². The first kappa shape index (κ1) is 20.5. The number of hydrogen-bond acceptors (Lipinski definition) is 6. The Labute approximate surface area is 182 Å². The Balaban J connectivity index is 1.37. The summed E-state index contributed by atoms with van der Waals surface area (Å²) < 4.78 is 33.3. The molecule has 0 N–H and O–H groups in total. The molecule has 152 valence electrons. The number of nitrogens with zero attached hydrogens (tertiary/aromatic N) is 4. The van der Waals surface area contributed by atoms with Crippen molar-refractivity contribution in [3.63, 3.8) is 0 Å². The van der Waals surface area contributed by atoms with Crippen LogP contribution < -0.4 is 0 Å². The number of piperazine rings is 1. The van der Waals surface area contributed by atoms with E-state index in [1.807, 2.05) is 12.1 Å². The fourth-order valence-corrected chi connectivity index (χ4v) is 5.02. The summed E-state index contributed by atoms with van der Waals surface area (Å²) in [5.41, 5.74) is 0.765. The van der Waals surface area contributed by atoms with E-state index in [1.165, 1.54) is 4.31 Å². The Morgan fingerprint density at radius 3 is 2.48 bits per heavy atom. The van der Waals surface area contributed by atoms with E-state index in [1.54, 1.807) is 36.4 Å². The van der Waals surface area contributed by atoms with E-state index in [9.17, 15) is 8.42 Å². The van der Waals surface area contributed by atoms with Crippen LogP contribution in [-0.2, 0) is 16.6 Å². The molecule has 0 amide bonds. The summed E-state index contributed by atoms with van der Waals surface area (Å²) in [6.07, 6.45) is 0. The second-order valence-corrected chi connectivity index (χ2v) is 9.95. The highest BCUT2D eigenvalue weighted by molar-refractivity contribution is 9.10. The molecule has 10 heteroatoms. The third-order valence-electron chi connectivity index (χ3n) is 4.69. The average molecular weight is 498 g/mol. The number of benzene rings is 2. The van der Waals surface area contributed by atoms with E-state index in [-0.39, 0.29) is 0 Å². The molecule has 7 nitrogen and oxygen atoms in total. The molecule has 0 radical (unpaired) electrons. The summed E-state index contributed by atoms with van der Waals surface area (Å²) in [6, 6.07) is 13.9. The highest BCUT2D eigenvalue weighted by atomic mass is 79.9. The summed E-state index contributed by atoms with van der Waals surface area (Å²) in [6.45, 7) is 2.51. The standard InChI is InChI=1S/C19H18BrClN4O3S/c20-15-4-6-17(7-5-15)29(26,27)25-10-8-24(9-11-25)13-18-22-19(28-23-18)14-2-1-3-16(21)12-14/h1-7,12H,8-11,13H2. The van der Waals surface area contributed by atoms with Crippen molar-refractivity contribution in [1.82, 2.24) is 19.3 Å². The number of rotatable bonds is 5. The summed E-state index contributed by atoms with van der Waals surface area (Å²) in [5, 5.41) is 4.63. The lowest BCUT2D eigenvalue weighted by Crippen LogP contribution is -2.48. The minimum Gasteiger partial charge on any atom is -0.334 e. The Bertz CT molecular complexity index is 1100. The van der Waals surface area contributed by atoms with Gasteiger partial charge in [0.05, 0.1) is 11.4 Å². The largest absolute Gasteiger partial charge is 0.334 e. The summed E-state index contributed by atoms with van der Waals surface area (Å²) >= 11 is 9.33. The van der Waals surface area contributed by atoms with Gasteiger partial charge in [-0.15, -0.1) is 0 Å². The van der Waals surface area contributed by atoms with Crippen molar-refractivity contribution in [2.24, 2.45) is 0 Å². The van der Waals surface area contributed by atoms with Gasteiger partial charge in [0.1, 0.15) is 0 Å². The van der Waals surface area contributed by atoms with Gasteiger partial charge in [0.2, 0.25) is 10.0 Å². The monoisotopic (exact) mass is 496 g/mol. The van der Waals surface area contributed by atoms with Gasteiger partial charge in [0.25, 0.3) is 5.89 Å². The van der Waals surface area contributed by atoms with Gasteiger partial charge in [-0.1, -0.05) is 38.8 Å². The zero-order chi connectivity index (χ0) is 20.4. The van der Waals surface area contributed by atoms with Crippen LogP contribution in [-0.4, -0.2) is 53.9 Å². The molecule has 1 aliphatic rings. The van der Waals surface area contributed by atoms with E-state index in [4.69, 9.17) is 16.1 Å². The lowest BCUT2D eigenvalue weighted by Gasteiger charge is -2.33. The summed E-state index contributed by atoms with van der Waals surface area (Å²) in [7, 11) is -3.49. The normalized spacial score (nSPS) is 16.2. The third-order valence-corrected chi connectivity index (χ3v) is 7.36. The van der Waals surface area contributed by atoms with Gasteiger partial charge in [0.15, 0.2) is 5.82 Å². The molecular formula is C19H18BrClN4O3S. The quantitative estimate of drug-likeness (QED) is 0.535. The highest BCUT2D eigenvalue weighted by Gasteiger charge is 2.29. The van der Waals surface area contributed by atoms with Crippen molar-refractivity contribution < 1.29 is 12.9 Å². The number of halogens is 2. The Kier molecular flexibility index (Phi) is 6.03. The van der Waals surface area contributed by atoms with Gasteiger partial charge in [0, 0.05) is 41.2 Å². The number of aromatic nitrogens is 2. The predicted octanol–water partition coefficient (Wildman–Crippen LogP) is 3.66. The maximum absolute atomic E-state index is 12.8. The van der Waals surface area contributed by atoms with Crippen LogP contribution in [0.15, 0.2) is 62.4 Å². The second-order valence-electron chi connectivity index (χ2n) is 6.66. The molecule has 0 unspecified atom stereocenters. The maximum atomic E-state index is 12.8. The summed E-state index contributed by atoms with van der Waals surface area (Å²) in [4.78, 5) is 6.84. The van der Waals surface area contributed by atoms with E-state index in [0.29, 0.717) is 54.4 Å². The van der Waals surface area contributed by atoms with Crippen LogP contribution in [0, 0.1) is 0 Å². The van der Waals surface area contributed by atoms with Crippen LogP contribution in [0.25, 0.3) is 11.5 Å². The first-order chi connectivity index (χ1) is 13.9. The van der Waals surface area contributed by atoms with Crippen molar-refractivity contribution in [1.29, 1.82) is 0 Å². The second kappa shape index (κ2) is 8.53. The molecule has 2 aromatic carbocycles. The van der Waals surface area contributed by atoms with Crippen LogP contribution in [0.5, 0.6) is 0 Å². The van der Waals surface area contributed by atoms with Gasteiger partial charge in [-0.05, 0) is 42.5 Å². The molecule has 0 saturated carbocycles. The highest BCUT2D eigenvalue weighted by Crippen LogP contribution is 2.23. The molecule has 1 fully saturated rings. The molecular weight excluding hydrogens is 480 g/mol. The van der Waals surface area contributed by atoms with Gasteiger partial charge in [-0.3, -0.25) is 4.90 Å². The topological polar surface area (TPSA) is 79.5 Å². The minimum atomic E-state index is -3.49. The minimum absolute atomic E-state index is 0.304. The van der Waals surface area contributed by atoms with Gasteiger partial charge < -0.3 is 4.52 Å². The molecule has 29 heavy (non-hydrogen) atoms. The molecule has 0 bridgehead atoms. The zero-order valence-corrected chi connectivity index (χ0v) is 18.5. The van der Waals surface area contributed by atoms with E-state index >= 15 is 0 Å². The van der Waals surface area contributed by atoms with Crippen LogP contribution in [0.4, 0.5) is 0 Å². The lowest BCUT2D eigenvalue weighted by atomic mass is 10.2. The van der Waals surface area contributed by atoms with Crippen molar-refractivity contribution in [2.75, 3.05) is 26.2 Å². The molecule has 0 spiro atoms. The molecule has 4 rings (SSSR count). The molecule has 3 aromatic rings. The maximum Gasteiger partial charge on any atom is 0.258 e.